The molecule has 0 bridgehead atoms. The molecule has 0 aromatic heterocycles. The van der Waals surface area contributed by atoms with Crippen molar-refractivity contribution in [1.82, 2.24) is 4.90 Å². The molecule has 11 heavy (non-hydrogen) atoms. The molecule has 0 unspecified atom stereocenters. The molecular formula is C7H14N2O2. The van der Waals surface area contributed by atoms with Crippen LogP contribution in [0.25, 0.3) is 0 Å². The Morgan fingerprint density at radius 3 is 2.27 bits per heavy atom. The Hall–Kier alpha value is -1.06. The van der Waals surface area contributed by atoms with Crippen molar-refractivity contribution in [3.8, 4) is 0 Å². The van der Waals surface area contributed by atoms with Crippen LogP contribution in [-0.4, -0.2) is 30.0 Å². The summed E-state index contributed by atoms with van der Waals surface area (Å²) in [6.07, 6.45) is 0.404. The smallest absolute Gasteiger partial charge is 0.415 e. The lowest BCUT2D eigenvalue weighted by atomic mass is 10.2. The van der Waals surface area contributed by atoms with Gasteiger partial charge in [0.25, 0.3) is 0 Å². The Labute approximate surface area is 66.6 Å². The van der Waals surface area contributed by atoms with Crippen LogP contribution in [0.15, 0.2) is 0 Å². The van der Waals surface area contributed by atoms with Gasteiger partial charge in [0.1, 0.15) is 5.60 Å². The van der Waals surface area contributed by atoms with Crippen molar-refractivity contribution in [2.75, 3.05) is 7.05 Å². The van der Waals surface area contributed by atoms with E-state index in [1.807, 2.05) is 0 Å². The summed E-state index contributed by atoms with van der Waals surface area (Å²) in [6.45, 7) is 5.34. The predicted octanol–water partition coefficient (Wildman–Crippen LogP) is 1.46. The third kappa shape index (κ3) is 4.36. The van der Waals surface area contributed by atoms with Gasteiger partial charge in [-0.15, -0.1) is 0 Å². The van der Waals surface area contributed by atoms with Gasteiger partial charge in [0.05, 0.1) is 6.34 Å². The van der Waals surface area contributed by atoms with Crippen LogP contribution < -0.4 is 0 Å². The van der Waals surface area contributed by atoms with Crippen LogP contribution in [0.3, 0.4) is 0 Å². The maximum atomic E-state index is 10.9. The Morgan fingerprint density at radius 1 is 1.55 bits per heavy atom. The summed E-state index contributed by atoms with van der Waals surface area (Å²) in [4.78, 5) is 12.0. The van der Waals surface area contributed by atoms with E-state index >= 15 is 0 Å². The van der Waals surface area contributed by atoms with Gasteiger partial charge in [0.2, 0.25) is 0 Å². The van der Waals surface area contributed by atoms with Crippen LogP contribution in [0.4, 0.5) is 4.79 Å². The monoisotopic (exact) mass is 158 g/mol. The lowest BCUT2D eigenvalue weighted by Gasteiger charge is -2.21. The second kappa shape index (κ2) is 3.37. The average molecular weight is 158 g/mol. The van der Waals surface area contributed by atoms with Gasteiger partial charge >= 0.3 is 6.09 Å². The van der Waals surface area contributed by atoms with Gasteiger partial charge in [-0.25, -0.2) is 4.79 Å². The molecule has 0 aliphatic heterocycles. The van der Waals surface area contributed by atoms with Crippen molar-refractivity contribution >= 4 is 12.4 Å². The first-order valence-corrected chi connectivity index (χ1v) is 3.33. The van der Waals surface area contributed by atoms with E-state index in [0.717, 1.165) is 11.2 Å². The van der Waals surface area contributed by atoms with Crippen LogP contribution in [0.1, 0.15) is 20.8 Å². The van der Waals surface area contributed by atoms with Crippen LogP contribution >= 0.6 is 0 Å². The number of rotatable bonds is 1. The standard InChI is InChI=1S/C7H14N2O2/c1-7(2,3)11-6(10)9(4)5-8/h5,8H,1-4H3. The van der Waals surface area contributed by atoms with E-state index in [2.05, 4.69) is 0 Å². The highest BCUT2D eigenvalue weighted by atomic mass is 16.6. The van der Waals surface area contributed by atoms with E-state index in [4.69, 9.17) is 10.1 Å². The zero-order valence-corrected chi connectivity index (χ0v) is 7.34. The van der Waals surface area contributed by atoms with Gasteiger partial charge in [-0.05, 0) is 20.8 Å². The van der Waals surface area contributed by atoms with Crippen molar-refractivity contribution in [2.45, 2.75) is 26.4 Å². The summed E-state index contributed by atoms with van der Waals surface area (Å²) >= 11 is 0. The van der Waals surface area contributed by atoms with Gasteiger partial charge in [-0.3, -0.25) is 10.3 Å². The molecule has 4 heteroatoms. The number of amides is 1. The Bertz CT molecular complexity index is 160. The number of ether oxygens (including phenoxy) is 1. The summed E-state index contributed by atoms with van der Waals surface area (Å²) in [6, 6.07) is 0. The fourth-order valence-electron chi connectivity index (χ4n) is 0.387. The first kappa shape index (κ1) is 9.94. The molecule has 0 rings (SSSR count). The van der Waals surface area contributed by atoms with Crippen LogP contribution in [-0.2, 0) is 4.74 Å². The number of carbonyl (C=O) groups excluding carboxylic acids is 1. The van der Waals surface area contributed by atoms with Crippen molar-refractivity contribution < 1.29 is 9.53 Å². The highest BCUT2D eigenvalue weighted by molar-refractivity contribution is 5.80. The third-order valence-electron chi connectivity index (χ3n) is 0.875. The van der Waals surface area contributed by atoms with Crippen molar-refractivity contribution in [3.63, 3.8) is 0 Å². The lowest BCUT2D eigenvalue weighted by molar-refractivity contribution is 0.0407. The fraction of sp³-hybridized carbons (Fsp3) is 0.714. The normalized spacial score (nSPS) is 10.5. The minimum atomic E-state index is -0.507. The number of nitrogens with one attached hydrogen (secondary N) is 1. The molecule has 0 aliphatic rings. The second-order valence-corrected chi connectivity index (χ2v) is 3.22. The third-order valence-corrected chi connectivity index (χ3v) is 0.875. The van der Waals surface area contributed by atoms with E-state index in [1.165, 1.54) is 7.05 Å². The molecule has 0 spiro atoms. The fourth-order valence-corrected chi connectivity index (χ4v) is 0.387. The van der Waals surface area contributed by atoms with E-state index < -0.39 is 11.7 Å². The maximum Gasteiger partial charge on any atom is 0.415 e. The average Bonchev–Trinajstić information content (AvgIpc) is 1.82. The van der Waals surface area contributed by atoms with Crippen molar-refractivity contribution in [1.29, 1.82) is 5.41 Å². The molecule has 0 aliphatic carbocycles. The first-order chi connectivity index (χ1) is 4.87. The summed E-state index contributed by atoms with van der Waals surface area (Å²) in [5.74, 6) is 0. The van der Waals surface area contributed by atoms with E-state index in [9.17, 15) is 4.79 Å². The van der Waals surface area contributed by atoms with Crippen LogP contribution in [0, 0.1) is 5.41 Å². The SMILES string of the molecule is CN(C=N)C(=O)OC(C)(C)C. The summed E-state index contributed by atoms with van der Waals surface area (Å²) in [5.41, 5.74) is -0.492. The highest BCUT2D eigenvalue weighted by Gasteiger charge is 2.17. The van der Waals surface area contributed by atoms with Gasteiger partial charge in [0, 0.05) is 7.05 Å². The van der Waals surface area contributed by atoms with Gasteiger partial charge in [-0.2, -0.15) is 0 Å². The molecule has 0 fully saturated rings. The summed E-state index contributed by atoms with van der Waals surface area (Å²) in [7, 11) is 1.47. The molecule has 0 heterocycles. The first-order valence-electron chi connectivity index (χ1n) is 3.33. The van der Waals surface area contributed by atoms with Crippen molar-refractivity contribution in [3.05, 3.63) is 0 Å². The largest absolute Gasteiger partial charge is 0.443 e. The molecule has 1 amide bonds. The molecule has 0 aromatic rings. The summed E-state index contributed by atoms with van der Waals surface area (Å²) < 4.78 is 4.93. The van der Waals surface area contributed by atoms with Gasteiger partial charge in [-0.1, -0.05) is 0 Å². The number of hydrogen-bond acceptors (Lipinski definition) is 3. The van der Waals surface area contributed by atoms with Gasteiger partial charge < -0.3 is 4.74 Å². The molecule has 0 aromatic carbocycles. The van der Waals surface area contributed by atoms with E-state index in [0.29, 0.717) is 0 Å². The number of nitrogens with zero attached hydrogens (tertiary/aromatic N) is 1. The molecule has 0 radical (unpaired) electrons. The molecule has 4 nitrogen and oxygen atoms in total. The molecular weight excluding hydrogens is 144 g/mol. The highest BCUT2D eigenvalue weighted by Crippen LogP contribution is 2.07. The molecule has 1 N–H and O–H groups in total. The number of carbonyl (C=O) groups is 1. The predicted molar refractivity (Wildman–Crippen MR) is 42.8 cm³/mol. The minimum Gasteiger partial charge on any atom is -0.443 e. The summed E-state index contributed by atoms with van der Waals surface area (Å²) in [5, 5.41) is 6.75. The van der Waals surface area contributed by atoms with E-state index in [-0.39, 0.29) is 0 Å². The molecule has 0 saturated carbocycles. The maximum absolute atomic E-state index is 10.9. The second-order valence-electron chi connectivity index (χ2n) is 3.22. The van der Waals surface area contributed by atoms with Crippen LogP contribution in [0.5, 0.6) is 0 Å². The lowest BCUT2D eigenvalue weighted by Crippen LogP contribution is -2.33. The van der Waals surface area contributed by atoms with Gasteiger partial charge in [0.15, 0.2) is 0 Å². The molecule has 64 valence electrons. The molecule has 0 atom stereocenters. The minimum absolute atomic E-state index is 0.492. The molecule has 0 saturated heterocycles. The zero-order chi connectivity index (χ0) is 9.07. The topological polar surface area (TPSA) is 53.4 Å². The quantitative estimate of drug-likeness (QED) is 0.464. The Morgan fingerprint density at radius 2 is 2.00 bits per heavy atom. The number of hydrogen-bond donors (Lipinski definition) is 1. The van der Waals surface area contributed by atoms with E-state index in [1.54, 1.807) is 20.8 Å². The van der Waals surface area contributed by atoms with Crippen molar-refractivity contribution in [2.24, 2.45) is 0 Å². The van der Waals surface area contributed by atoms with Crippen LogP contribution in [0.2, 0.25) is 0 Å². The Kier molecular flexibility index (Phi) is 3.04. The zero-order valence-electron chi connectivity index (χ0n) is 7.34. The Balaban J connectivity index is 3.98.